The van der Waals surface area contributed by atoms with Crippen LogP contribution in [0, 0.1) is 0 Å². The molecule has 11 atom stereocenters. The number of ether oxygens (including phenoxy) is 10. The summed E-state index contributed by atoms with van der Waals surface area (Å²) in [7, 11) is -6.83. The maximum absolute atomic E-state index is 12.8. The van der Waals surface area contributed by atoms with Gasteiger partial charge in [0, 0.05) is 40.6 Å². The molecule has 0 aliphatic carbocycles. The molecule has 0 radical (unpaired) electrons. The number of hydrogen-bond acceptors (Lipinski definition) is 15. The number of methoxy groups -OCH3 is 2. The van der Waals surface area contributed by atoms with E-state index in [0.717, 1.165) is 116 Å². The molecule has 2 aliphatic rings. The van der Waals surface area contributed by atoms with E-state index in [9.17, 15) is 33.8 Å². The van der Waals surface area contributed by atoms with Gasteiger partial charge in [0.25, 0.3) is 0 Å². The van der Waals surface area contributed by atoms with Crippen LogP contribution in [0.3, 0.4) is 0 Å². The Labute approximate surface area is 541 Å². The Morgan fingerprint density at radius 3 is 1.22 bits per heavy atom. The van der Waals surface area contributed by atoms with Gasteiger partial charge in [-0.1, -0.05) is 245 Å². The number of phosphoric ester groups is 2. The second kappa shape index (κ2) is 56.7. The number of aliphatic hydroxyl groups excluding tert-OH is 1. The highest BCUT2D eigenvalue weighted by Gasteiger charge is 2.53. The lowest BCUT2D eigenvalue weighted by Crippen LogP contribution is -2.63. The van der Waals surface area contributed by atoms with Crippen molar-refractivity contribution in [1.82, 2.24) is 0 Å². The average molecular weight is 1320 g/mol. The lowest BCUT2D eigenvalue weighted by Gasteiger charge is -2.47. The van der Waals surface area contributed by atoms with Gasteiger partial charge in [-0.2, -0.15) is 0 Å². The van der Waals surface area contributed by atoms with Crippen molar-refractivity contribution in [3.63, 3.8) is 0 Å². The summed E-state index contributed by atoms with van der Waals surface area (Å²) in [6, 6.07) is 0. The molecule has 0 aromatic carbocycles. The molecule has 2 heterocycles. The minimum Gasteiger partial charge on any atom is -0.387 e. The summed E-state index contributed by atoms with van der Waals surface area (Å²) in [6.07, 6.45) is 38.8. The van der Waals surface area contributed by atoms with E-state index >= 15 is 0 Å². The number of allylic oxidation sites excluding steroid dienone is 2. The first-order valence-corrected chi connectivity index (χ1v) is 39.1. The van der Waals surface area contributed by atoms with Crippen LogP contribution < -0.4 is 0 Å². The van der Waals surface area contributed by atoms with Crippen molar-refractivity contribution in [2.45, 2.75) is 358 Å². The van der Waals surface area contributed by atoms with E-state index in [0.29, 0.717) is 26.1 Å². The van der Waals surface area contributed by atoms with Crippen molar-refractivity contribution < 1.29 is 90.2 Å². The normalized spacial score (nSPS) is 23.1. The minimum absolute atomic E-state index is 0.118. The average Bonchev–Trinajstić information content (AvgIpc) is 1.13. The summed E-state index contributed by atoms with van der Waals surface area (Å²) in [4.78, 5) is 39.8. The maximum atomic E-state index is 12.8. The molecule has 2 saturated heterocycles. The van der Waals surface area contributed by atoms with E-state index in [-0.39, 0.29) is 39.1 Å². The summed E-state index contributed by atoms with van der Waals surface area (Å²) in [6.45, 7) is 8.80. The van der Waals surface area contributed by atoms with Crippen molar-refractivity contribution >= 4 is 15.6 Å². The molecule has 0 saturated carbocycles. The quantitative estimate of drug-likeness (QED) is 0.0216. The summed E-state index contributed by atoms with van der Waals surface area (Å²) >= 11 is 0. The second-order valence-electron chi connectivity index (χ2n) is 25.1. The van der Waals surface area contributed by atoms with Crippen molar-refractivity contribution in [2.75, 3.05) is 67.1 Å². The van der Waals surface area contributed by atoms with Crippen LogP contribution in [0.4, 0.5) is 0 Å². The fourth-order valence-electron chi connectivity index (χ4n) is 11.9. The zero-order valence-corrected chi connectivity index (χ0v) is 58.8. The van der Waals surface area contributed by atoms with E-state index < -0.39 is 83.7 Å². The molecular formula is C68H134O19P2. The van der Waals surface area contributed by atoms with Crippen molar-refractivity contribution in [3.05, 3.63) is 12.2 Å². The third kappa shape index (κ3) is 44.1. The van der Waals surface area contributed by atoms with E-state index in [2.05, 4.69) is 39.8 Å². The molecule has 21 heteroatoms. The molecule has 0 spiro atoms. The largest absolute Gasteiger partial charge is 0.470 e. The molecule has 530 valence electrons. The summed E-state index contributed by atoms with van der Waals surface area (Å²) in [5.74, 6) is 0. The fourth-order valence-corrected chi connectivity index (χ4v) is 12.8. The van der Waals surface area contributed by atoms with Gasteiger partial charge in [-0.25, -0.2) is 9.13 Å². The smallest absolute Gasteiger partial charge is 0.387 e. The maximum Gasteiger partial charge on any atom is 0.470 e. The molecule has 19 nitrogen and oxygen atoms in total. The molecule has 2 aliphatic heterocycles. The van der Waals surface area contributed by atoms with Crippen molar-refractivity contribution in [3.8, 4) is 0 Å². The van der Waals surface area contributed by atoms with Gasteiger partial charge in [-0.05, 0) is 57.8 Å². The molecule has 2 fully saturated rings. The van der Waals surface area contributed by atoms with E-state index in [1.165, 1.54) is 142 Å². The SMILES string of the molecule is CCCCCCC=CCCCCCCCCCCO[C@H]1[C@H](OC[C@H]2O[C@H](OCCOP(=O)(O)O)[C@H](OCCCCCCCCCCCC)[C@@H](OCCCCCCCCCCCC)[C@@H]2O)O[C@H](COC)[C@@H](OP(=O)(O)O)[C@@H]1OCC[C@@H](CCCCCCC)OC. The zero-order valence-electron chi connectivity index (χ0n) is 57.0. The molecule has 0 amide bonds. The highest BCUT2D eigenvalue weighted by Crippen LogP contribution is 2.43. The lowest BCUT2D eigenvalue weighted by molar-refractivity contribution is -0.343. The third-order valence-electron chi connectivity index (χ3n) is 17.1. The minimum atomic E-state index is -5.14. The Morgan fingerprint density at radius 1 is 0.382 bits per heavy atom. The van der Waals surface area contributed by atoms with Gasteiger partial charge in [0.2, 0.25) is 0 Å². The zero-order chi connectivity index (χ0) is 64.9. The number of hydrogen-bond donors (Lipinski definition) is 5. The predicted octanol–water partition coefficient (Wildman–Crippen LogP) is 16.2. The number of rotatable bonds is 64. The van der Waals surface area contributed by atoms with Gasteiger partial charge in [0.1, 0.15) is 48.8 Å². The van der Waals surface area contributed by atoms with Crippen LogP contribution in [-0.4, -0.2) is 159 Å². The topological polar surface area (TPSA) is 246 Å². The van der Waals surface area contributed by atoms with Gasteiger partial charge in [-0.3, -0.25) is 9.05 Å². The number of phosphoric acid groups is 2. The molecule has 0 aromatic rings. The fraction of sp³-hybridized carbons (Fsp3) is 0.971. The molecule has 5 N–H and O–H groups in total. The molecule has 0 unspecified atom stereocenters. The standard InChI is InChI=1S/C68H134O19P2/c1-7-11-15-19-22-25-28-29-30-31-32-33-36-39-43-47-52-80-66-64(81-53-49-58(77-6)48-44-40-18-14-10-4)62(87-89(73,74)75)60(56-76-5)86-68(66)83-57-59-61(69)63(78-50-45-41-37-34-26-23-20-16-12-8-2)65(67(85-59)82-54-55-84-88(70,71)72)79-51-46-42-38-35-27-24-21-17-13-9-3/h25,28,58-69H,7-24,26-27,29-57H2,1-6H3,(H2,70,71,72)(H2,73,74,75)/t58-,59-,60-,61-,62-,63+,64+,65-,66-,67+,68-/m1/s1. The van der Waals surface area contributed by atoms with Crippen LogP contribution in [0.2, 0.25) is 0 Å². The first-order valence-electron chi connectivity index (χ1n) is 36.0. The molecule has 0 aromatic heterocycles. The van der Waals surface area contributed by atoms with Gasteiger partial charge >= 0.3 is 15.6 Å². The monoisotopic (exact) mass is 1320 g/mol. The van der Waals surface area contributed by atoms with Crippen LogP contribution in [0.15, 0.2) is 12.2 Å². The summed E-state index contributed by atoms with van der Waals surface area (Å²) in [5, 5.41) is 12.4. The Morgan fingerprint density at radius 2 is 0.775 bits per heavy atom. The van der Waals surface area contributed by atoms with Crippen LogP contribution in [0.5, 0.6) is 0 Å². The predicted molar refractivity (Wildman–Crippen MR) is 353 cm³/mol. The van der Waals surface area contributed by atoms with Crippen molar-refractivity contribution in [2.24, 2.45) is 0 Å². The van der Waals surface area contributed by atoms with Gasteiger partial charge in [-0.15, -0.1) is 0 Å². The van der Waals surface area contributed by atoms with E-state index in [1.807, 2.05) is 0 Å². The Hall–Kier alpha value is -0.480. The van der Waals surface area contributed by atoms with Crippen LogP contribution >= 0.6 is 15.6 Å². The molecule has 0 bridgehead atoms. The molecule has 89 heavy (non-hydrogen) atoms. The van der Waals surface area contributed by atoms with Gasteiger partial charge in [0.05, 0.1) is 32.5 Å². The lowest BCUT2D eigenvalue weighted by atomic mass is 9.97. The highest BCUT2D eigenvalue weighted by atomic mass is 31.2. The first kappa shape index (κ1) is 84.6. The molecule has 2 rings (SSSR count). The summed E-state index contributed by atoms with van der Waals surface area (Å²) in [5.41, 5.74) is 0. The van der Waals surface area contributed by atoms with Gasteiger partial charge in [0.15, 0.2) is 12.6 Å². The van der Waals surface area contributed by atoms with E-state index in [4.69, 9.17) is 56.4 Å². The third-order valence-corrected chi connectivity index (χ3v) is 18.2. The summed E-state index contributed by atoms with van der Waals surface area (Å²) < 4.78 is 98.8. The highest BCUT2D eigenvalue weighted by molar-refractivity contribution is 7.46. The van der Waals surface area contributed by atoms with Crippen LogP contribution in [-0.2, 0) is 65.5 Å². The van der Waals surface area contributed by atoms with E-state index in [1.54, 1.807) is 7.11 Å². The number of unbranched alkanes of at least 4 members (excludes halogenated alkanes) is 34. The van der Waals surface area contributed by atoms with Crippen LogP contribution in [0.1, 0.15) is 291 Å². The Balaban J connectivity index is 2.41. The Bertz CT molecular complexity index is 1690. The number of aliphatic hydroxyl groups is 1. The molecular weight excluding hydrogens is 1180 g/mol. The Kier molecular flexibility index (Phi) is 53.9. The second-order valence-corrected chi connectivity index (χ2v) is 27.5. The first-order chi connectivity index (χ1) is 43.2. The van der Waals surface area contributed by atoms with Gasteiger partial charge < -0.3 is 72.0 Å². The van der Waals surface area contributed by atoms with Crippen molar-refractivity contribution in [1.29, 1.82) is 0 Å². The van der Waals surface area contributed by atoms with Crippen LogP contribution in [0.25, 0.3) is 0 Å².